The number of hydrogen-bond acceptors (Lipinski definition) is 4. The summed E-state index contributed by atoms with van der Waals surface area (Å²) >= 11 is 1.59. The molecule has 0 spiro atoms. The minimum atomic E-state index is -0.297. The number of ether oxygens (including phenoxy) is 1. The van der Waals surface area contributed by atoms with E-state index < -0.39 is 0 Å². The Hall–Kier alpha value is -1.82. The lowest BCUT2D eigenvalue weighted by atomic mass is 10.3. The first-order valence-electron chi connectivity index (χ1n) is 6.63. The van der Waals surface area contributed by atoms with E-state index in [0.29, 0.717) is 32.8 Å². The molecule has 6 heteroatoms. The Balaban J connectivity index is 1.81. The van der Waals surface area contributed by atoms with Crippen molar-refractivity contribution < 1.29 is 14.3 Å². The first kappa shape index (κ1) is 14.6. The molecule has 1 saturated heterocycles. The average molecular weight is 294 g/mol. The van der Waals surface area contributed by atoms with E-state index in [-0.39, 0.29) is 12.0 Å². The second kappa shape index (κ2) is 7.09. The maximum Gasteiger partial charge on any atom is 0.409 e. The van der Waals surface area contributed by atoms with Gasteiger partial charge in [0.1, 0.15) is 0 Å². The van der Waals surface area contributed by atoms with Gasteiger partial charge in [0.15, 0.2) is 0 Å². The molecular formula is C14H18N2O3S. The highest BCUT2D eigenvalue weighted by atomic mass is 32.1. The first-order valence-corrected chi connectivity index (χ1v) is 7.51. The third-order valence-corrected chi connectivity index (χ3v) is 3.89. The highest BCUT2D eigenvalue weighted by molar-refractivity contribution is 7.10. The summed E-state index contributed by atoms with van der Waals surface area (Å²) in [6.45, 7) is 4.31. The number of thiophene rings is 1. The molecule has 0 saturated carbocycles. The molecule has 1 aliphatic heterocycles. The summed E-state index contributed by atoms with van der Waals surface area (Å²) in [5.74, 6) is -0.0121. The van der Waals surface area contributed by atoms with Crippen molar-refractivity contribution >= 4 is 29.4 Å². The lowest BCUT2D eigenvalue weighted by molar-refractivity contribution is -0.127. The predicted molar refractivity (Wildman–Crippen MR) is 78.5 cm³/mol. The van der Waals surface area contributed by atoms with E-state index in [4.69, 9.17) is 4.74 Å². The van der Waals surface area contributed by atoms with Crippen LogP contribution in [0.2, 0.25) is 0 Å². The summed E-state index contributed by atoms with van der Waals surface area (Å²) in [6.07, 6.45) is 3.12. The van der Waals surface area contributed by atoms with Gasteiger partial charge in [0.05, 0.1) is 6.61 Å². The third kappa shape index (κ3) is 3.84. The standard InChI is InChI=1S/C14H18N2O3S/c1-2-19-14(18)16-9-7-15(8-10-16)13(17)6-5-12-4-3-11-20-12/h3-6,11H,2,7-10H2,1H3. The minimum absolute atomic E-state index is 0.0121. The quantitative estimate of drug-likeness (QED) is 0.802. The SMILES string of the molecule is CCOC(=O)N1CCN(C(=O)C=Cc2cccs2)CC1. The molecule has 2 rings (SSSR count). The number of carbonyl (C=O) groups excluding carboxylic acids is 2. The van der Waals surface area contributed by atoms with Gasteiger partial charge in [0, 0.05) is 37.1 Å². The second-order valence-electron chi connectivity index (χ2n) is 4.36. The van der Waals surface area contributed by atoms with Gasteiger partial charge in [-0.2, -0.15) is 0 Å². The molecule has 0 aromatic carbocycles. The Morgan fingerprint density at radius 2 is 2.00 bits per heavy atom. The highest BCUT2D eigenvalue weighted by Gasteiger charge is 2.23. The number of carbonyl (C=O) groups is 2. The van der Waals surface area contributed by atoms with Crippen LogP contribution in [0.5, 0.6) is 0 Å². The minimum Gasteiger partial charge on any atom is -0.450 e. The van der Waals surface area contributed by atoms with Gasteiger partial charge < -0.3 is 14.5 Å². The summed E-state index contributed by atoms with van der Waals surface area (Å²) in [5, 5.41) is 1.97. The number of piperazine rings is 1. The van der Waals surface area contributed by atoms with Gasteiger partial charge in [-0.1, -0.05) is 6.07 Å². The summed E-state index contributed by atoms with van der Waals surface area (Å²) in [7, 11) is 0. The molecule has 0 aliphatic carbocycles. The normalized spacial score (nSPS) is 15.7. The van der Waals surface area contributed by atoms with E-state index >= 15 is 0 Å². The molecule has 2 heterocycles. The Morgan fingerprint density at radius 3 is 2.60 bits per heavy atom. The van der Waals surface area contributed by atoms with Crippen molar-refractivity contribution in [2.75, 3.05) is 32.8 Å². The molecule has 0 unspecified atom stereocenters. The molecule has 20 heavy (non-hydrogen) atoms. The zero-order chi connectivity index (χ0) is 14.4. The van der Waals surface area contributed by atoms with E-state index in [0.717, 1.165) is 4.88 Å². The van der Waals surface area contributed by atoms with Crippen LogP contribution in [0.3, 0.4) is 0 Å². The molecule has 1 aliphatic rings. The smallest absolute Gasteiger partial charge is 0.409 e. The molecule has 0 atom stereocenters. The third-order valence-electron chi connectivity index (χ3n) is 3.05. The van der Waals surface area contributed by atoms with Crippen LogP contribution in [0.25, 0.3) is 6.08 Å². The van der Waals surface area contributed by atoms with Crippen LogP contribution >= 0.6 is 11.3 Å². The summed E-state index contributed by atoms with van der Waals surface area (Å²) in [6, 6.07) is 3.92. The molecule has 1 aromatic heterocycles. The van der Waals surface area contributed by atoms with Crippen molar-refractivity contribution in [2.24, 2.45) is 0 Å². The molecule has 0 radical (unpaired) electrons. The summed E-state index contributed by atoms with van der Waals surface area (Å²) in [5.41, 5.74) is 0. The lowest BCUT2D eigenvalue weighted by Crippen LogP contribution is -2.50. The monoisotopic (exact) mass is 294 g/mol. The van der Waals surface area contributed by atoms with Crippen LogP contribution in [0, 0.1) is 0 Å². The van der Waals surface area contributed by atoms with Gasteiger partial charge in [-0.15, -0.1) is 11.3 Å². The van der Waals surface area contributed by atoms with Crippen LogP contribution in [-0.4, -0.2) is 54.6 Å². The molecule has 1 aromatic rings. The number of nitrogens with zero attached hydrogens (tertiary/aromatic N) is 2. The van der Waals surface area contributed by atoms with E-state index in [9.17, 15) is 9.59 Å². The Bertz CT molecular complexity index is 477. The molecule has 1 fully saturated rings. The van der Waals surface area contributed by atoms with Gasteiger partial charge in [0.2, 0.25) is 5.91 Å². The maximum absolute atomic E-state index is 12.0. The van der Waals surface area contributed by atoms with Crippen LogP contribution in [-0.2, 0) is 9.53 Å². The molecule has 5 nitrogen and oxygen atoms in total. The van der Waals surface area contributed by atoms with Gasteiger partial charge in [-0.25, -0.2) is 4.79 Å². The Kier molecular flexibility index (Phi) is 5.17. The van der Waals surface area contributed by atoms with Gasteiger partial charge >= 0.3 is 6.09 Å². The largest absolute Gasteiger partial charge is 0.450 e. The average Bonchev–Trinajstić information content (AvgIpc) is 2.98. The van der Waals surface area contributed by atoms with Crippen molar-refractivity contribution in [1.29, 1.82) is 0 Å². The molecular weight excluding hydrogens is 276 g/mol. The zero-order valence-corrected chi connectivity index (χ0v) is 12.3. The fraction of sp³-hybridized carbons (Fsp3) is 0.429. The molecule has 0 bridgehead atoms. The fourth-order valence-electron chi connectivity index (χ4n) is 1.97. The number of amides is 2. The summed E-state index contributed by atoms with van der Waals surface area (Å²) < 4.78 is 4.94. The zero-order valence-electron chi connectivity index (χ0n) is 11.4. The predicted octanol–water partition coefficient (Wildman–Crippen LogP) is 2.06. The van der Waals surface area contributed by atoms with Crippen molar-refractivity contribution in [1.82, 2.24) is 9.80 Å². The second-order valence-corrected chi connectivity index (χ2v) is 5.34. The van der Waals surface area contributed by atoms with Gasteiger partial charge in [0.25, 0.3) is 0 Å². The first-order chi connectivity index (χ1) is 9.70. The van der Waals surface area contributed by atoms with E-state index in [2.05, 4.69) is 0 Å². The Morgan fingerprint density at radius 1 is 1.30 bits per heavy atom. The van der Waals surface area contributed by atoms with Crippen LogP contribution in [0.15, 0.2) is 23.6 Å². The van der Waals surface area contributed by atoms with E-state index in [1.165, 1.54) is 0 Å². The van der Waals surface area contributed by atoms with Crippen molar-refractivity contribution in [3.05, 3.63) is 28.5 Å². The van der Waals surface area contributed by atoms with Crippen molar-refractivity contribution in [3.63, 3.8) is 0 Å². The van der Waals surface area contributed by atoms with Crippen molar-refractivity contribution in [3.8, 4) is 0 Å². The number of hydrogen-bond donors (Lipinski definition) is 0. The Labute approximate surface area is 122 Å². The maximum atomic E-state index is 12.0. The molecule has 0 N–H and O–H groups in total. The van der Waals surface area contributed by atoms with Crippen LogP contribution in [0.4, 0.5) is 4.79 Å². The van der Waals surface area contributed by atoms with E-state index in [1.54, 1.807) is 34.1 Å². The van der Waals surface area contributed by atoms with Crippen molar-refractivity contribution in [2.45, 2.75) is 6.92 Å². The molecule has 108 valence electrons. The lowest BCUT2D eigenvalue weighted by Gasteiger charge is -2.33. The van der Waals surface area contributed by atoms with Crippen LogP contribution < -0.4 is 0 Å². The number of rotatable bonds is 3. The van der Waals surface area contributed by atoms with Gasteiger partial charge in [-0.05, 0) is 24.4 Å². The van der Waals surface area contributed by atoms with Gasteiger partial charge in [-0.3, -0.25) is 4.79 Å². The van der Waals surface area contributed by atoms with E-state index in [1.807, 2.05) is 23.6 Å². The fourth-order valence-corrected chi connectivity index (χ4v) is 2.59. The topological polar surface area (TPSA) is 49.9 Å². The summed E-state index contributed by atoms with van der Waals surface area (Å²) in [4.78, 5) is 28.0. The highest BCUT2D eigenvalue weighted by Crippen LogP contribution is 2.11. The molecule has 2 amide bonds. The van der Waals surface area contributed by atoms with Crippen LogP contribution in [0.1, 0.15) is 11.8 Å².